The van der Waals surface area contributed by atoms with E-state index >= 15 is 0 Å². The molecule has 4 aromatic rings. The molecule has 5 rings (SSSR count). The Hall–Kier alpha value is -4.20. The van der Waals surface area contributed by atoms with E-state index in [2.05, 4.69) is 22.7 Å². The highest BCUT2D eigenvalue weighted by Gasteiger charge is 2.41. The normalized spacial score (nSPS) is 15.4. The molecule has 1 amide bonds. The van der Waals surface area contributed by atoms with Gasteiger partial charge in [-0.05, 0) is 54.8 Å². The monoisotopic (exact) mass is 664 g/mol. The van der Waals surface area contributed by atoms with Crippen molar-refractivity contribution < 1.29 is 9.53 Å². The van der Waals surface area contributed by atoms with Gasteiger partial charge in [0.05, 0.1) is 24.4 Å². The second-order valence-corrected chi connectivity index (χ2v) is 13.5. The summed E-state index contributed by atoms with van der Waals surface area (Å²) >= 11 is 0. The van der Waals surface area contributed by atoms with Gasteiger partial charge in [-0.3, -0.25) is 10.2 Å². The molecule has 0 radical (unpaired) electrons. The minimum atomic E-state index is -0.749. The van der Waals surface area contributed by atoms with Crippen LogP contribution in [0.25, 0.3) is 11.0 Å². The maximum atomic E-state index is 13.8. The third kappa shape index (κ3) is 10.9. The third-order valence-electron chi connectivity index (χ3n) is 9.48. The van der Waals surface area contributed by atoms with E-state index in [1.165, 1.54) is 96.3 Å². The van der Waals surface area contributed by atoms with E-state index in [1.807, 2.05) is 79.7 Å². The van der Waals surface area contributed by atoms with Gasteiger partial charge in [0.2, 0.25) is 0 Å². The van der Waals surface area contributed by atoms with Crippen molar-refractivity contribution in [2.45, 2.75) is 129 Å². The van der Waals surface area contributed by atoms with Crippen molar-refractivity contribution >= 4 is 28.5 Å². The zero-order valence-electron chi connectivity index (χ0n) is 29.8. The number of aryl methyl sites for hydroxylation is 1. The van der Waals surface area contributed by atoms with E-state index in [9.17, 15) is 4.79 Å². The van der Waals surface area contributed by atoms with Gasteiger partial charge in [-0.15, -0.1) is 5.10 Å². The molecule has 1 fully saturated rings. The van der Waals surface area contributed by atoms with E-state index in [4.69, 9.17) is 9.73 Å². The maximum Gasteiger partial charge on any atom is 0.274 e. The third-order valence-corrected chi connectivity index (χ3v) is 9.48. The van der Waals surface area contributed by atoms with Crippen molar-refractivity contribution in [2.24, 2.45) is 4.99 Å². The minimum absolute atomic E-state index is 0.128. The highest BCUT2D eigenvalue weighted by molar-refractivity contribution is 6.11. The van der Waals surface area contributed by atoms with E-state index in [0.717, 1.165) is 46.6 Å². The predicted octanol–water partition coefficient (Wildman–Crippen LogP) is 10.2. The van der Waals surface area contributed by atoms with Gasteiger partial charge in [0.15, 0.2) is 11.9 Å². The molecule has 3 aromatic carbocycles. The standard InChI is InChI=1S/C41H56N6O2/c1-3-4-5-6-7-8-9-10-11-12-13-14-15-16-17-21-31-49-36-29-27-35(28-30-36)42-40-39(47-38-33(2)23-22-26-37(38)43-45-47)41(48)46(44-40)32-34-24-19-18-20-25-34/h18-20,22-30,39H,3-17,21,31-32H2,1-2H3,(H,42,44). The number of carbonyl (C=O) groups excluding carboxylic acids is 1. The molecule has 0 saturated carbocycles. The molecule has 1 saturated heterocycles. The second kappa shape index (κ2) is 19.7. The fourth-order valence-electron chi connectivity index (χ4n) is 6.65. The molecule has 49 heavy (non-hydrogen) atoms. The van der Waals surface area contributed by atoms with Crippen molar-refractivity contribution in [3.8, 4) is 5.75 Å². The molecule has 1 aliphatic heterocycles. The number of ether oxygens (including phenoxy) is 1. The topological polar surface area (TPSA) is 84.6 Å². The summed E-state index contributed by atoms with van der Waals surface area (Å²) in [4.78, 5) is 18.7. The lowest BCUT2D eigenvalue weighted by molar-refractivity contribution is -0.132. The average Bonchev–Trinajstić information content (AvgIpc) is 3.67. The zero-order chi connectivity index (χ0) is 34.1. The van der Waals surface area contributed by atoms with Gasteiger partial charge in [0.1, 0.15) is 11.3 Å². The molecule has 0 bridgehead atoms. The number of nitrogens with zero attached hydrogens (tertiary/aromatic N) is 5. The van der Waals surface area contributed by atoms with Crippen LogP contribution < -0.4 is 10.2 Å². The first-order chi connectivity index (χ1) is 24.1. The molecule has 2 heterocycles. The number of aliphatic imine (C=N–C) groups is 1. The number of aromatic nitrogens is 3. The smallest absolute Gasteiger partial charge is 0.274 e. The summed E-state index contributed by atoms with van der Waals surface area (Å²) in [5.41, 5.74) is 7.61. The van der Waals surface area contributed by atoms with E-state index in [1.54, 1.807) is 9.69 Å². The van der Waals surface area contributed by atoms with Crippen LogP contribution in [0.2, 0.25) is 0 Å². The first-order valence-electron chi connectivity index (χ1n) is 18.9. The van der Waals surface area contributed by atoms with Gasteiger partial charge in [-0.25, -0.2) is 14.7 Å². The molecule has 8 nitrogen and oxygen atoms in total. The maximum absolute atomic E-state index is 13.8. The summed E-state index contributed by atoms with van der Waals surface area (Å²) in [7, 11) is 0. The number of hydrogen-bond donors (Lipinski definition) is 1. The van der Waals surface area contributed by atoms with Crippen molar-refractivity contribution in [3.63, 3.8) is 0 Å². The van der Waals surface area contributed by atoms with E-state index < -0.39 is 6.04 Å². The van der Waals surface area contributed by atoms with Crippen LogP contribution in [-0.2, 0) is 11.3 Å². The molecule has 1 aromatic heterocycles. The molecule has 0 spiro atoms. The summed E-state index contributed by atoms with van der Waals surface area (Å²) in [6.45, 7) is 5.42. The van der Waals surface area contributed by atoms with Crippen LogP contribution in [0.15, 0.2) is 77.8 Å². The van der Waals surface area contributed by atoms with Crippen LogP contribution in [0.4, 0.5) is 5.69 Å². The summed E-state index contributed by atoms with van der Waals surface area (Å²) in [5.74, 6) is 1.22. The molecule has 0 aliphatic carbocycles. The molecule has 1 unspecified atom stereocenters. The van der Waals surface area contributed by atoms with Crippen molar-refractivity contribution in [1.29, 1.82) is 0 Å². The lowest BCUT2D eigenvalue weighted by atomic mass is 10.0. The Kier molecular flexibility index (Phi) is 14.5. The van der Waals surface area contributed by atoms with Crippen LogP contribution in [0.3, 0.4) is 0 Å². The van der Waals surface area contributed by atoms with Crippen molar-refractivity contribution in [3.05, 3.63) is 83.9 Å². The van der Waals surface area contributed by atoms with Crippen molar-refractivity contribution in [2.75, 3.05) is 6.61 Å². The Morgan fingerprint density at radius 1 is 0.735 bits per heavy atom. The van der Waals surface area contributed by atoms with Crippen LogP contribution in [0.1, 0.15) is 127 Å². The molecular weight excluding hydrogens is 608 g/mol. The highest BCUT2D eigenvalue weighted by atomic mass is 16.5. The number of para-hydroxylation sites is 1. The largest absolute Gasteiger partial charge is 0.494 e. The van der Waals surface area contributed by atoms with Gasteiger partial charge >= 0.3 is 0 Å². The molecule has 1 aliphatic rings. The molecule has 8 heteroatoms. The van der Waals surface area contributed by atoms with Crippen LogP contribution in [0, 0.1) is 6.92 Å². The van der Waals surface area contributed by atoms with E-state index in [-0.39, 0.29) is 5.91 Å². The minimum Gasteiger partial charge on any atom is -0.494 e. The van der Waals surface area contributed by atoms with Gasteiger partial charge in [0.25, 0.3) is 5.91 Å². The summed E-state index contributed by atoms with van der Waals surface area (Å²) < 4.78 is 7.74. The molecule has 1 N–H and O–H groups in total. The fraction of sp³-hybridized carbons (Fsp3) is 0.512. The van der Waals surface area contributed by atoms with Gasteiger partial charge < -0.3 is 4.74 Å². The molecular formula is C41H56N6O2. The van der Waals surface area contributed by atoms with Gasteiger partial charge in [-0.2, -0.15) is 0 Å². The Balaban J connectivity index is 1.05. The number of hydrogen-bond acceptors (Lipinski definition) is 5. The second-order valence-electron chi connectivity index (χ2n) is 13.5. The average molecular weight is 665 g/mol. The Labute approximate surface area is 293 Å². The number of unbranched alkanes of at least 4 members (excludes halogenated alkanes) is 15. The Morgan fingerprint density at radius 2 is 1.35 bits per heavy atom. The number of amidine groups is 1. The SMILES string of the molecule is CCCCCCCCCCCCCCCCCCOc1ccc(N=C2NN(Cc3ccccc3)C(=O)C2n2nnc3cccc(C)c32)cc1. The van der Waals surface area contributed by atoms with Crippen molar-refractivity contribution in [1.82, 2.24) is 25.4 Å². The number of benzene rings is 3. The molecule has 262 valence electrons. The van der Waals surface area contributed by atoms with Gasteiger partial charge in [0, 0.05) is 0 Å². The summed E-state index contributed by atoms with van der Waals surface area (Å²) in [6, 6.07) is 22.8. The van der Waals surface area contributed by atoms with Crippen LogP contribution in [-0.4, -0.2) is 38.4 Å². The number of amides is 1. The Bertz CT molecular complexity index is 1580. The van der Waals surface area contributed by atoms with Crippen LogP contribution in [0.5, 0.6) is 5.75 Å². The number of carbonyl (C=O) groups is 1. The number of nitrogens with one attached hydrogen (secondary N) is 1. The lowest BCUT2D eigenvalue weighted by Gasteiger charge is -2.15. The first-order valence-corrected chi connectivity index (χ1v) is 18.9. The Morgan fingerprint density at radius 3 is 1.98 bits per heavy atom. The predicted molar refractivity (Wildman–Crippen MR) is 200 cm³/mol. The van der Waals surface area contributed by atoms with E-state index in [0.29, 0.717) is 12.4 Å². The highest BCUT2D eigenvalue weighted by Crippen LogP contribution is 2.28. The fourth-order valence-corrected chi connectivity index (χ4v) is 6.65. The number of rotatable bonds is 22. The number of hydrazine groups is 1. The summed E-state index contributed by atoms with van der Waals surface area (Å²) in [6.07, 6.45) is 21.8. The molecule has 1 atom stereocenters. The number of fused-ring (bicyclic) bond motifs is 1. The zero-order valence-corrected chi connectivity index (χ0v) is 29.8. The van der Waals surface area contributed by atoms with Crippen LogP contribution >= 0.6 is 0 Å². The summed E-state index contributed by atoms with van der Waals surface area (Å²) in [5, 5.41) is 10.4. The first kappa shape index (κ1) is 36.1. The quantitative estimate of drug-likeness (QED) is 0.0846. The lowest BCUT2D eigenvalue weighted by Crippen LogP contribution is -2.35. The van der Waals surface area contributed by atoms with Gasteiger partial charge in [-0.1, -0.05) is 151 Å².